The highest BCUT2D eigenvalue weighted by atomic mass is 16.2. The van der Waals surface area contributed by atoms with Crippen molar-refractivity contribution in [3.63, 3.8) is 0 Å². The van der Waals surface area contributed by atoms with Crippen LogP contribution in [0.15, 0.2) is 48.7 Å². The van der Waals surface area contributed by atoms with E-state index >= 15 is 0 Å². The molecule has 0 saturated heterocycles. The number of nitrogens with two attached hydrogens (primary N) is 1. The number of rotatable bonds is 10. The van der Waals surface area contributed by atoms with Gasteiger partial charge in [0.15, 0.2) is 5.82 Å². The van der Waals surface area contributed by atoms with Crippen LogP contribution in [-0.2, 0) is 19.5 Å². The number of anilines is 1. The molecular weight excluding hydrogens is 414 g/mol. The second-order valence-electron chi connectivity index (χ2n) is 8.15. The summed E-state index contributed by atoms with van der Waals surface area (Å²) in [5.41, 5.74) is 10.6. The topological polar surface area (TPSA) is 111 Å². The zero-order valence-electron chi connectivity index (χ0n) is 19.1. The van der Waals surface area contributed by atoms with Crippen LogP contribution >= 0.6 is 0 Å². The zero-order valence-corrected chi connectivity index (χ0v) is 19.1. The molecule has 0 spiro atoms. The lowest BCUT2D eigenvalue weighted by molar-refractivity contribution is 0.240. The summed E-state index contributed by atoms with van der Waals surface area (Å²) in [5.74, 6) is 1.46. The van der Waals surface area contributed by atoms with E-state index in [1.54, 1.807) is 6.20 Å². The number of nitrogen functional groups attached to an aromatic ring is 1. The maximum Gasteiger partial charge on any atom is 0.315 e. The summed E-state index contributed by atoms with van der Waals surface area (Å²) in [6.07, 6.45) is 6.58. The fourth-order valence-electron chi connectivity index (χ4n) is 3.97. The van der Waals surface area contributed by atoms with E-state index in [9.17, 15) is 4.79 Å². The molecule has 0 radical (unpaired) electrons. The summed E-state index contributed by atoms with van der Waals surface area (Å²) in [4.78, 5) is 26.0. The first kappa shape index (κ1) is 22.5. The van der Waals surface area contributed by atoms with E-state index in [1.807, 2.05) is 42.5 Å². The minimum absolute atomic E-state index is 0.149. The number of aryl methyl sites for hydroxylation is 2. The molecule has 33 heavy (non-hydrogen) atoms. The Kier molecular flexibility index (Phi) is 7.34. The maximum atomic E-state index is 12.1. The summed E-state index contributed by atoms with van der Waals surface area (Å²) < 4.78 is 2.24. The molecule has 0 aliphatic heterocycles. The molecule has 3 heterocycles. The molecule has 0 saturated carbocycles. The molecule has 4 aromatic rings. The van der Waals surface area contributed by atoms with Crippen LogP contribution in [0.25, 0.3) is 22.1 Å². The fourth-order valence-corrected chi connectivity index (χ4v) is 3.97. The molecule has 1 aromatic carbocycles. The largest absolute Gasteiger partial charge is 0.382 e. The second kappa shape index (κ2) is 10.8. The van der Waals surface area contributed by atoms with Crippen LogP contribution < -0.4 is 16.4 Å². The van der Waals surface area contributed by atoms with Crippen LogP contribution in [0.1, 0.15) is 44.0 Å². The van der Waals surface area contributed by atoms with E-state index in [-0.39, 0.29) is 6.03 Å². The molecular formula is C25H31N7O. The number of carbonyl (C=O) groups excluding carboxylic acids is 1. The number of aromatic nitrogens is 4. The smallest absolute Gasteiger partial charge is 0.315 e. The quantitative estimate of drug-likeness (QED) is 0.317. The van der Waals surface area contributed by atoms with Gasteiger partial charge in [0.1, 0.15) is 22.4 Å². The lowest BCUT2D eigenvalue weighted by Crippen LogP contribution is -2.35. The standard InChI is InChI=1S/C25H31N7O/c1-2-3-13-20-31-22-23(21-19(30-24(22)26)12-9-15-27-21)32(20)16-8-7-14-28-25(33)29-17-18-10-5-4-6-11-18/h4-6,9-12,15H,2-3,7-8,13-14,16-17H2,1H3,(H2,26,30)(H2,28,29,33). The number of pyridine rings is 2. The number of imidazole rings is 1. The monoisotopic (exact) mass is 445 g/mol. The lowest BCUT2D eigenvalue weighted by Gasteiger charge is -2.11. The molecule has 172 valence electrons. The third kappa shape index (κ3) is 5.39. The highest BCUT2D eigenvalue weighted by molar-refractivity contribution is 6.04. The van der Waals surface area contributed by atoms with Crippen molar-refractivity contribution >= 4 is 33.9 Å². The van der Waals surface area contributed by atoms with Crippen LogP contribution in [0.5, 0.6) is 0 Å². The predicted octanol–water partition coefficient (Wildman–Crippen LogP) is 4.18. The van der Waals surface area contributed by atoms with Crippen LogP contribution in [0.2, 0.25) is 0 Å². The molecule has 4 N–H and O–H groups in total. The van der Waals surface area contributed by atoms with Gasteiger partial charge in [0.25, 0.3) is 0 Å². The van der Waals surface area contributed by atoms with Crippen LogP contribution in [0, 0.1) is 0 Å². The first-order chi connectivity index (χ1) is 16.2. The molecule has 8 nitrogen and oxygen atoms in total. The molecule has 8 heteroatoms. The Balaban J connectivity index is 1.39. The van der Waals surface area contributed by atoms with Gasteiger partial charge in [-0.2, -0.15) is 0 Å². The number of nitrogens with one attached hydrogen (secondary N) is 2. The van der Waals surface area contributed by atoms with Crippen molar-refractivity contribution in [2.24, 2.45) is 0 Å². The van der Waals surface area contributed by atoms with Crippen molar-refractivity contribution < 1.29 is 4.79 Å². The lowest BCUT2D eigenvalue weighted by atomic mass is 10.2. The Bertz CT molecular complexity index is 1220. The molecule has 0 unspecified atom stereocenters. The number of amides is 2. The first-order valence-electron chi connectivity index (χ1n) is 11.6. The highest BCUT2D eigenvalue weighted by Gasteiger charge is 2.17. The molecule has 0 bridgehead atoms. The van der Waals surface area contributed by atoms with E-state index in [0.717, 1.165) is 72.1 Å². The molecule has 0 aliphatic rings. The number of benzene rings is 1. The van der Waals surface area contributed by atoms with Gasteiger partial charge in [0, 0.05) is 32.3 Å². The Morgan fingerprint density at radius 2 is 1.85 bits per heavy atom. The van der Waals surface area contributed by atoms with Gasteiger partial charge in [-0.05, 0) is 37.0 Å². The Labute approximate surface area is 193 Å². The summed E-state index contributed by atoms with van der Waals surface area (Å²) in [6, 6.07) is 13.5. The Morgan fingerprint density at radius 3 is 2.67 bits per heavy atom. The fraction of sp³-hybridized carbons (Fsp3) is 0.360. The Morgan fingerprint density at radius 1 is 1.00 bits per heavy atom. The van der Waals surface area contributed by atoms with Gasteiger partial charge in [-0.15, -0.1) is 0 Å². The summed E-state index contributed by atoms with van der Waals surface area (Å²) >= 11 is 0. The van der Waals surface area contributed by atoms with Crippen molar-refractivity contribution in [3.8, 4) is 0 Å². The number of nitrogens with zero attached hydrogens (tertiary/aromatic N) is 4. The van der Waals surface area contributed by atoms with Gasteiger partial charge in [0.05, 0.1) is 5.52 Å². The zero-order chi connectivity index (χ0) is 23.0. The third-order valence-corrected chi connectivity index (χ3v) is 5.68. The van der Waals surface area contributed by atoms with Crippen molar-refractivity contribution in [2.75, 3.05) is 12.3 Å². The molecule has 0 fully saturated rings. The molecule has 4 rings (SSSR count). The SMILES string of the molecule is CCCCc1nc2c(N)nc3cccnc3c2n1CCCCNC(=O)NCc1ccccc1. The summed E-state index contributed by atoms with van der Waals surface area (Å²) in [6.45, 7) is 4.09. The first-order valence-corrected chi connectivity index (χ1v) is 11.6. The minimum atomic E-state index is -0.149. The van der Waals surface area contributed by atoms with E-state index in [1.165, 1.54) is 0 Å². The van der Waals surface area contributed by atoms with E-state index in [2.05, 4.69) is 32.1 Å². The summed E-state index contributed by atoms with van der Waals surface area (Å²) in [5, 5.41) is 5.83. The summed E-state index contributed by atoms with van der Waals surface area (Å²) in [7, 11) is 0. The molecule has 3 aromatic heterocycles. The predicted molar refractivity (Wildman–Crippen MR) is 132 cm³/mol. The highest BCUT2D eigenvalue weighted by Crippen LogP contribution is 2.28. The van der Waals surface area contributed by atoms with E-state index in [0.29, 0.717) is 18.9 Å². The second-order valence-corrected chi connectivity index (χ2v) is 8.15. The number of unbranched alkanes of at least 4 members (excludes halogenated alkanes) is 2. The van der Waals surface area contributed by atoms with Crippen LogP contribution in [0.4, 0.5) is 10.6 Å². The van der Waals surface area contributed by atoms with Gasteiger partial charge in [-0.1, -0.05) is 43.7 Å². The maximum absolute atomic E-state index is 12.1. The van der Waals surface area contributed by atoms with Gasteiger partial charge in [-0.25, -0.2) is 14.8 Å². The normalized spacial score (nSPS) is 11.2. The van der Waals surface area contributed by atoms with Crippen LogP contribution in [0.3, 0.4) is 0 Å². The number of carbonyl (C=O) groups is 1. The van der Waals surface area contributed by atoms with E-state index in [4.69, 9.17) is 10.7 Å². The van der Waals surface area contributed by atoms with E-state index < -0.39 is 0 Å². The van der Waals surface area contributed by atoms with Crippen molar-refractivity contribution in [1.29, 1.82) is 0 Å². The van der Waals surface area contributed by atoms with Gasteiger partial charge in [-0.3, -0.25) is 4.98 Å². The third-order valence-electron chi connectivity index (χ3n) is 5.68. The van der Waals surface area contributed by atoms with Crippen molar-refractivity contribution in [1.82, 2.24) is 30.2 Å². The van der Waals surface area contributed by atoms with Crippen LogP contribution in [-0.4, -0.2) is 32.1 Å². The van der Waals surface area contributed by atoms with Gasteiger partial charge >= 0.3 is 6.03 Å². The number of hydrogen-bond donors (Lipinski definition) is 3. The average molecular weight is 446 g/mol. The molecule has 2 amide bonds. The van der Waals surface area contributed by atoms with Gasteiger partial charge < -0.3 is 20.9 Å². The Hall–Kier alpha value is -3.68. The van der Waals surface area contributed by atoms with Crippen molar-refractivity contribution in [3.05, 3.63) is 60.0 Å². The molecule has 0 aliphatic carbocycles. The molecule has 0 atom stereocenters. The number of fused-ring (bicyclic) bond motifs is 3. The van der Waals surface area contributed by atoms with Gasteiger partial charge in [0.2, 0.25) is 0 Å². The average Bonchev–Trinajstić information content (AvgIpc) is 3.21. The number of hydrogen-bond acceptors (Lipinski definition) is 5. The number of urea groups is 1. The minimum Gasteiger partial charge on any atom is -0.382 e. The van der Waals surface area contributed by atoms with Crippen molar-refractivity contribution in [2.45, 2.75) is 52.1 Å².